The third-order valence-corrected chi connectivity index (χ3v) is 2.90. The van der Waals surface area contributed by atoms with E-state index in [0.29, 0.717) is 0 Å². The Labute approximate surface area is 98.7 Å². The third-order valence-electron chi connectivity index (χ3n) is 2.90. The molecule has 2 N–H and O–H groups in total. The van der Waals surface area contributed by atoms with Crippen LogP contribution in [0.5, 0.6) is 0 Å². The molecule has 3 nitrogen and oxygen atoms in total. The van der Waals surface area contributed by atoms with Crippen LogP contribution in [0, 0.1) is 0 Å². The van der Waals surface area contributed by atoms with Gasteiger partial charge in [0.05, 0.1) is 11.7 Å². The molecule has 17 heavy (non-hydrogen) atoms. The van der Waals surface area contributed by atoms with E-state index in [1.165, 1.54) is 0 Å². The number of aromatic nitrogens is 2. The lowest BCUT2D eigenvalue weighted by Crippen LogP contribution is -1.98. The van der Waals surface area contributed by atoms with Crippen LogP contribution >= 0.6 is 0 Å². The molecule has 0 spiro atoms. The summed E-state index contributed by atoms with van der Waals surface area (Å²) < 4.78 is 0. The smallest absolute Gasteiger partial charge is 0.104 e. The molecule has 84 valence electrons. The van der Waals surface area contributed by atoms with Crippen LogP contribution < -0.4 is 0 Å². The molecular weight excluding hydrogens is 212 g/mol. The summed E-state index contributed by atoms with van der Waals surface area (Å²) in [5.41, 5.74) is 2.76. The van der Waals surface area contributed by atoms with Crippen molar-refractivity contribution in [2.75, 3.05) is 0 Å². The van der Waals surface area contributed by atoms with E-state index in [2.05, 4.69) is 10.2 Å². The van der Waals surface area contributed by atoms with Crippen LogP contribution in [-0.2, 0) is 0 Å². The standard InChI is InChI=1S/C14H12N2O/c17-14(10-4-2-1-3-5-10)11-6-7-13-12(8-11)9-15-16-13/h1-9,14,17H,(H,15,16). The first-order chi connectivity index (χ1) is 8.34. The molecule has 2 aromatic carbocycles. The maximum absolute atomic E-state index is 10.3. The second kappa shape index (κ2) is 4.03. The number of hydrogen-bond acceptors (Lipinski definition) is 2. The number of aliphatic hydroxyl groups excluding tert-OH is 1. The Balaban J connectivity index is 2.03. The zero-order chi connectivity index (χ0) is 11.7. The lowest BCUT2D eigenvalue weighted by atomic mass is 10.0. The van der Waals surface area contributed by atoms with Gasteiger partial charge in [-0.15, -0.1) is 0 Å². The molecule has 3 rings (SSSR count). The van der Waals surface area contributed by atoms with Crippen molar-refractivity contribution in [2.45, 2.75) is 6.10 Å². The van der Waals surface area contributed by atoms with Crippen molar-refractivity contribution in [3.05, 3.63) is 65.9 Å². The lowest BCUT2D eigenvalue weighted by Gasteiger charge is -2.11. The minimum absolute atomic E-state index is 0.588. The monoisotopic (exact) mass is 224 g/mol. The zero-order valence-corrected chi connectivity index (χ0v) is 9.17. The van der Waals surface area contributed by atoms with Crippen LogP contribution in [0.15, 0.2) is 54.7 Å². The Morgan fingerprint density at radius 2 is 1.82 bits per heavy atom. The molecule has 0 saturated heterocycles. The van der Waals surface area contributed by atoms with Crippen molar-refractivity contribution in [3.63, 3.8) is 0 Å². The number of hydrogen-bond donors (Lipinski definition) is 2. The largest absolute Gasteiger partial charge is 0.384 e. The highest BCUT2D eigenvalue weighted by atomic mass is 16.3. The zero-order valence-electron chi connectivity index (χ0n) is 9.17. The average molecular weight is 224 g/mol. The molecule has 0 aliphatic heterocycles. The van der Waals surface area contributed by atoms with Gasteiger partial charge in [-0.2, -0.15) is 5.10 Å². The molecule has 1 unspecified atom stereocenters. The summed E-state index contributed by atoms with van der Waals surface area (Å²) in [4.78, 5) is 0. The topological polar surface area (TPSA) is 48.9 Å². The highest BCUT2D eigenvalue weighted by Gasteiger charge is 2.10. The fourth-order valence-corrected chi connectivity index (χ4v) is 1.96. The quantitative estimate of drug-likeness (QED) is 0.703. The van der Waals surface area contributed by atoms with E-state index in [9.17, 15) is 5.11 Å². The molecule has 0 bridgehead atoms. The normalized spacial score (nSPS) is 12.8. The SMILES string of the molecule is OC(c1ccccc1)c1ccc2[nH]ncc2c1. The predicted molar refractivity (Wildman–Crippen MR) is 66.6 cm³/mol. The molecule has 0 amide bonds. The van der Waals surface area contributed by atoms with Gasteiger partial charge in [0.2, 0.25) is 0 Å². The fraction of sp³-hybridized carbons (Fsp3) is 0.0714. The molecule has 1 aromatic heterocycles. The molecule has 1 heterocycles. The van der Waals surface area contributed by atoms with Gasteiger partial charge in [-0.25, -0.2) is 0 Å². The number of aromatic amines is 1. The van der Waals surface area contributed by atoms with E-state index in [1.54, 1.807) is 6.20 Å². The number of rotatable bonds is 2. The highest BCUT2D eigenvalue weighted by molar-refractivity contribution is 5.78. The van der Waals surface area contributed by atoms with Crippen LogP contribution in [0.4, 0.5) is 0 Å². The minimum Gasteiger partial charge on any atom is -0.384 e. The number of nitrogens with zero attached hydrogens (tertiary/aromatic N) is 1. The van der Waals surface area contributed by atoms with Gasteiger partial charge in [0.25, 0.3) is 0 Å². The van der Waals surface area contributed by atoms with E-state index in [-0.39, 0.29) is 0 Å². The molecule has 0 radical (unpaired) electrons. The van der Waals surface area contributed by atoms with Crippen molar-refractivity contribution < 1.29 is 5.11 Å². The van der Waals surface area contributed by atoms with Gasteiger partial charge in [0.1, 0.15) is 6.10 Å². The van der Waals surface area contributed by atoms with Crippen molar-refractivity contribution in [1.29, 1.82) is 0 Å². The Hall–Kier alpha value is -2.13. The number of aliphatic hydroxyl groups is 1. The first kappa shape index (κ1) is 10.1. The first-order valence-electron chi connectivity index (χ1n) is 5.50. The van der Waals surface area contributed by atoms with E-state index in [4.69, 9.17) is 0 Å². The fourth-order valence-electron chi connectivity index (χ4n) is 1.96. The molecule has 3 heteroatoms. The minimum atomic E-state index is -0.588. The van der Waals surface area contributed by atoms with Crippen molar-refractivity contribution >= 4 is 10.9 Å². The second-order valence-electron chi connectivity index (χ2n) is 4.03. The Bertz CT molecular complexity index is 631. The van der Waals surface area contributed by atoms with Crippen molar-refractivity contribution in [2.24, 2.45) is 0 Å². The van der Waals surface area contributed by atoms with E-state index in [0.717, 1.165) is 22.0 Å². The van der Waals surface area contributed by atoms with Crippen molar-refractivity contribution in [3.8, 4) is 0 Å². The number of fused-ring (bicyclic) bond motifs is 1. The maximum atomic E-state index is 10.3. The molecule has 0 fully saturated rings. The number of benzene rings is 2. The van der Waals surface area contributed by atoms with Crippen molar-refractivity contribution in [1.82, 2.24) is 10.2 Å². The Morgan fingerprint density at radius 1 is 1.00 bits per heavy atom. The van der Waals surface area contributed by atoms with Gasteiger partial charge >= 0.3 is 0 Å². The van der Waals surface area contributed by atoms with Crippen LogP contribution in [0.3, 0.4) is 0 Å². The van der Waals surface area contributed by atoms with E-state index in [1.807, 2.05) is 48.5 Å². The molecular formula is C14H12N2O. The summed E-state index contributed by atoms with van der Waals surface area (Å²) in [7, 11) is 0. The predicted octanol–water partition coefficient (Wildman–Crippen LogP) is 2.64. The van der Waals surface area contributed by atoms with Crippen LogP contribution in [0.25, 0.3) is 10.9 Å². The van der Waals surface area contributed by atoms with E-state index >= 15 is 0 Å². The average Bonchev–Trinajstić information content (AvgIpc) is 2.86. The van der Waals surface area contributed by atoms with Gasteiger partial charge in [-0.3, -0.25) is 5.10 Å². The molecule has 1 atom stereocenters. The summed E-state index contributed by atoms with van der Waals surface area (Å²) in [6.07, 6.45) is 1.17. The molecule has 3 aromatic rings. The van der Waals surface area contributed by atoms with Gasteiger partial charge in [0, 0.05) is 5.39 Å². The number of nitrogens with one attached hydrogen (secondary N) is 1. The Kier molecular flexibility index (Phi) is 2.38. The first-order valence-corrected chi connectivity index (χ1v) is 5.50. The van der Waals surface area contributed by atoms with Gasteiger partial charge in [0.15, 0.2) is 0 Å². The molecule has 0 aliphatic carbocycles. The van der Waals surface area contributed by atoms with E-state index < -0.39 is 6.10 Å². The number of H-pyrrole nitrogens is 1. The van der Waals surface area contributed by atoms with Crippen LogP contribution in [-0.4, -0.2) is 15.3 Å². The van der Waals surface area contributed by atoms with Gasteiger partial charge in [-0.1, -0.05) is 36.4 Å². The third kappa shape index (κ3) is 1.81. The summed E-state index contributed by atoms with van der Waals surface area (Å²) >= 11 is 0. The summed E-state index contributed by atoms with van der Waals surface area (Å²) in [6.45, 7) is 0. The van der Waals surface area contributed by atoms with Gasteiger partial charge in [-0.05, 0) is 23.3 Å². The summed E-state index contributed by atoms with van der Waals surface area (Å²) in [5, 5.41) is 18.1. The maximum Gasteiger partial charge on any atom is 0.104 e. The van der Waals surface area contributed by atoms with Gasteiger partial charge < -0.3 is 5.11 Å². The van der Waals surface area contributed by atoms with Crippen LogP contribution in [0.1, 0.15) is 17.2 Å². The Morgan fingerprint density at radius 3 is 2.65 bits per heavy atom. The summed E-state index contributed by atoms with van der Waals surface area (Å²) in [6, 6.07) is 15.4. The molecule has 0 saturated carbocycles. The highest BCUT2D eigenvalue weighted by Crippen LogP contribution is 2.24. The second-order valence-corrected chi connectivity index (χ2v) is 4.03. The summed E-state index contributed by atoms with van der Waals surface area (Å²) in [5.74, 6) is 0. The lowest BCUT2D eigenvalue weighted by molar-refractivity contribution is 0.220. The molecule has 0 aliphatic rings. The van der Waals surface area contributed by atoms with Crippen LogP contribution in [0.2, 0.25) is 0 Å².